The predicted octanol–water partition coefficient (Wildman–Crippen LogP) is 5.55. The quantitative estimate of drug-likeness (QED) is 0.198. The van der Waals surface area contributed by atoms with E-state index in [0.717, 1.165) is 6.42 Å². The summed E-state index contributed by atoms with van der Waals surface area (Å²) in [5.74, 6) is 0. The van der Waals surface area contributed by atoms with Crippen molar-refractivity contribution in [1.29, 1.82) is 0 Å². The summed E-state index contributed by atoms with van der Waals surface area (Å²) >= 11 is 1.51. The maximum atomic E-state index is 3.65. The van der Waals surface area contributed by atoms with Gasteiger partial charge in [0.15, 0.2) is 0 Å². The molecule has 0 radical (unpaired) electrons. The Morgan fingerprint density at radius 1 is 0.766 bits per heavy atom. The topological polar surface area (TPSA) is 0 Å². The maximum Gasteiger partial charge on any atom is -0.0635 e. The molecule has 3 heteroatoms. The summed E-state index contributed by atoms with van der Waals surface area (Å²) in [5.41, 5.74) is 20.4. The first-order chi connectivity index (χ1) is 20.9. The van der Waals surface area contributed by atoms with Gasteiger partial charge in [-0.1, -0.05) is 91.4 Å². The average molecular weight is 741 g/mol. The molecule has 0 saturated heterocycles. The van der Waals surface area contributed by atoms with Gasteiger partial charge in [0.05, 0.1) is 0 Å². The van der Waals surface area contributed by atoms with Crippen LogP contribution < -0.4 is 24.8 Å². The van der Waals surface area contributed by atoms with Gasteiger partial charge < -0.3 is 24.8 Å². The van der Waals surface area contributed by atoms with E-state index in [2.05, 4.69) is 162 Å². The molecule has 3 aliphatic rings. The van der Waals surface area contributed by atoms with Crippen LogP contribution in [0, 0.1) is 19.9 Å². The summed E-state index contributed by atoms with van der Waals surface area (Å²) in [4.78, 5) is 0. The van der Waals surface area contributed by atoms with E-state index in [4.69, 9.17) is 0 Å². The fraction of sp³-hybridized carbons (Fsp3) is 0.364. The number of halogens is 2. The molecule has 0 saturated carbocycles. The molecule has 4 aromatic rings. The molecule has 246 valence electrons. The number of aryl methyl sites for hydroxylation is 2. The normalized spacial score (nSPS) is 15.5. The van der Waals surface area contributed by atoms with Crippen LogP contribution in [0.3, 0.4) is 0 Å². The molecule has 7 rings (SSSR count). The first kappa shape index (κ1) is 39.3. The van der Waals surface area contributed by atoms with E-state index in [0.29, 0.717) is 5.41 Å². The molecule has 3 aliphatic carbocycles. The molecule has 0 amide bonds. The predicted molar refractivity (Wildman–Crippen MR) is 193 cm³/mol. The molecule has 0 nitrogen and oxygen atoms in total. The third-order valence-corrected chi connectivity index (χ3v) is 10.4. The zero-order valence-electron chi connectivity index (χ0n) is 30.4. The van der Waals surface area contributed by atoms with Gasteiger partial charge in [-0.3, -0.25) is 6.08 Å². The van der Waals surface area contributed by atoms with Gasteiger partial charge in [-0.05, 0) is 58.4 Å². The second-order valence-corrected chi connectivity index (χ2v) is 17.5. The van der Waals surface area contributed by atoms with Gasteiger partial charge in [-0.25, -0.2) is 11.6 Å². The third kappa shape index (κ3) is 8.18. The standard InChI is InChI=1S/C25H25.C10H15.C9H10.2ClH.Zr/c1-14-12-24(3,4)22-8-16-7-17-9-23-19(15(2)13-25(23,5)6)11-21(17)20(16)10-18(14)22;1-8-5-6-9(7-8)10(2,3)4;1-3-9-6-4-8(2)5-7-9;;;/h8-12H,7H2,1-6H3;5-7H,1-4H3;4-7H,1-2H3;2*1H;/q2*-1;;;;+2/p-2. The van der Waals surface area contributed by atoms with E-state index >= 15 is 0 Å². The molecule has 0 fully saturated rings. The number of benzene rings is 3. The van der Waals surface area contributed by atoms with Crippen LogP contribution in [0.2, 0.25) is 0 Å². The largest absolute Gasteiger partial charge is 1.00 e. The summed E-state index contributed by atoms with van der Waals surface area (Å²) in [7, 11) is 0. The average Bonchev–Trinajstić information content (AvgIpc) is 3.65. The van der Waals surface area contributed by atoms with Gasteiger partial charge in [-0.15, -0.1) is 11.6 Å². The van der Waals surface area contributed by atoms with Crippen molar-refractivity contribution in [3.05, 3.63) is 135 Å². The fourth-order valence-electron chi connectivity index (χ4n) is 7.11. The number of hydrogen-bond acceptors (Lipinski definition) is 0. The van der Waals surface area contributed by atoms with E-state index in [1.807, 2.05) is 0 Å². The second kappa shape index (κ2) is 14.4. The van der Waals surface area contributed by atoms with Crippen LogP contribution in [0.25, 0.3) is 22.3 Å². The van der Waals surface area contributed by atoms with Crippen molar-refractivity contribution in [2.75, 3.05) is 0 Å². The first-order valence-electron chi connectivity index (χ1n) is 16.4. The Bertz CT molecular complexity index is 1770. The molecule has 0 heterocycles. The van der Waals surface area contributed by atoms with E-state index < -0.39 is 0 Å². The number of hydrogen-bond donors (Lipinski definition) is 0. The number of allylic oxidation sites excluding steroid dienone is 4. The van der Waals surface area contributed by atoms with Gasteiger partial charge in [0.1, 0.15) is 0 Å². The van der Waals surface area contributed by atoms with Crippen molar-refractivity contribution in [3.63, 3.8) is 0 Å². The molecule has 4 aromatic carbocycles. The van der Waals surface area contributed by atoms with Crippen LogP contribution in [0.15, 0.2) is 72.8 Å². The molecule has 0 N–H and O–H groups in total. The zero-order chi connectivity index (χ0) is 33.1. The summed E-state index contributed by atoms with van der Waals surface area (Å²) in [5, 5.41) is 0. The maximum absolute atomic E-state index is 3.65. The minimum atomic E-state index is 0. The van der Waals surface area contributed by atoms with Gasteiger partial charge in [0.2, 0.25) is 0 Å². The Morgan fingerprint density at radius 3 is 1.81 bits per heavy atom. The minimum absolute atomic E-state index is 0. The molecular formula is C44H50Cl2Zr-2. The van der Waals surface area contributed by atoms with E-state index in [1.165, 1.54) is 105 Å². The van der Waals surface area contributed by atoms with Crippen molar-refractivity contribution in [2.45, 2.75) is 106 Å². The van der Waals surface area contributed by atoms with Gasteiger partial charge >= 0.3 is 76.7 Å². The third-order valence-electron chi connectivity index (χ3n) is 9.69. The number of fused-ring (bicyclic) bond motifs is 5. The van der Waals surface area contributed by atoms with Gasteiger partial charge in [-0.2, -0.15) is 28.8 Å². The zero-order valence-corrected chi connectivity index (χ0v) is 34.4. The summed E-state index contributed by atoms with van der Waals surface area (Å²) in [6.45, 7) is 26.8. The second-order valence-electron chi connectivity index (χ2n) is 15.6. The molecule has 0 unspecified atom stereocenters. The van der Waals surface area contributed by atoms with Crippen molar-refractivity contribution < 1.29 is 49.0 Å². The van der Waals surface area contributed by atoms with Crippen molar-refractivity contribution >= 4 is 14.4 Å². The van der Waals surface area contributed by atoms with E-state index in [1.54, 1.807) is 0 Å². The van der Waals surface area contributed by atoms with Crippen LogP contribution in [-0.2, 0) is 46.9 Å². The van der Waals surface area contributed by atoms with Gasteiger partial charge in [0.25, 0.3) is 0 Å². The SMILES string of the molecule is CC1=[C-]C(C)(C)c2cc3c(cc21)-c1cc2c(cc1C3)C(C)(C)C=C2C.C[C](=[Zr+2])c1ccc(C)cc1.Cc1cc(C(C)(C)C)c[cH-]1.[Cl-].[Cl-]. The fourth-order valence-corrected chi connectivity index (χ4v) is 7.52. The molecular weight excluding hydrogens is 691 g/mol. The smallest absolute Gasteiger partial charge is 0.0635 e. The minimum Gasteiger partial charge on any atom is -1.00 e. The molecule has 0 aliphatic heterocycles. The van der Waals surface area contributed by atoms with Crippen LogP contribution in [0.1, 0.15) is 125 Å². The molecule has 0 atom stereocenters. The Morgan fingerprint density at radius 2 is 1.32 bits per heavy atom. The Kier molecular flexibility index (Phi) is 12.0. The molecule has 47 heavy (non-hydrogen) atoms. The van der Waals surface area contributed by atoms with E-state index in [-0.39, 0.29) is 35.6 Å². The van der Waals surface area contributed by atoms with Crippen molar-refractivity contribution in [3.8, 4) is 11.1 Å². The summed E-state index contributed by atoms with van der Waals surface area (Å²) in [6.07, 6.45) is 7.13. The summed E-state index contributed by atoms with van der Waals surface area (Å²) in [6, 6.07) is 25.1. The Hall–Kier alpha value is -2.18. The van der Waals surface area contributed by atoms with E-state index in [9.17, 15) is 0 Å². The van der Waals surface area contributed by atoms with Gasteiger partial charge in [0, 0.05) is 5.41 Å². The van der Waals surface area contributed by atoms with Crippen LogP contribution in [0.4, 0.5) is 0 Å². The molecule has 0 aromatic heterocycles. The van der Waals surface area contributed by atoms with Crippen LogP contribution in [-0.4, -0.2) is 3.21 Å². The van der Waals surface area contributed by atoms with Crippen LogP contribution >= 0.6 is 0 Å². The molecule has 0 spiro atoms. The van der Waals surface area contributed by atoms with Crippen molar-refractivity contribution in [2.24, 2.45) is 0 Å². The monoisotopic (exact) mass is 738 g/mol. The molecule has 0 bridgehead atoms. The van der Waals surface area contributed by atoms with Crippen molar-refractivity contribution in [1.82, 2.24) is 0 Å². The summed E-state index contributed by atoms with van der Waals surface area (Å²) < 4.78 is 1.46. The van der Waals surface area contributed by atoms with Crippen LogP contribution in [0.5, 0.6) is 0 Å². The number of rotatable bonds is 1. The Labute approximate surface area is 312 Å². The first-order valence-corrected chi connectivity index (χ1v) is 17.6. The Balaban J connectivity index is 0.000000228.